The summed E-state index contributed by atoms with van der Waals surface area (Å²) in [4.78, 5) is 14.4. The molecule has 1 aliphatic carbocycles. The third-order valence-electron chi connectivity index (χ3n) is 5.44. The smallest absolute Gasteiger partial charge is 0.226 e. The normalized spacial score (nSPS) is 28.6. The van der Waals surface area contributed by atoms with Gasteiger partial charge in [0.2, 0.25) is 5.91 Å². The van der Waals surface area contributed by atoms with E-state index in [4.69, 9.17) is 14.2 Å². The Hall–Kier alpha value is -1.59. The molecule has 5 nitrogen and oxygen atoms in total. The number of benzene rings is 1. The zero-order valence-electron chi connectivity index (χ0n) is 14.7. The van der Waals surface area contributed by atoms with Gasteiger partial charge in [0.15, 0.2) is 0 Å². The van der Waals surface area contributed by atoms with Crippen LogP contribution >= 0.6 is 0 Å². The minimum atomic E-state index is -0.176. The summed E-state index contributed by atoms with van der Waals surface area (Å²) < 4.78 is 17.7. The van der Waals surface area contributed by atoms with Crippen molar-refractivity contribution in [1.29, 1.82) is 0 Å². The number of ether oxygens (including phenoxy) is 3. The zero-order chi connectivity index (χ0) is 17.1. The summed E-state index contributed by atoms with van der Waals surface area (Å²) in [5.74, 6) is 1.74. The highest BCUT2D eigenvalue weighted by molar-refractivity contribution is 5.76. The van der Waals surface area contributed by atoms with Gasteiger partial charge >= 0.3 is 0 Å². The van der Waals surface area contributed by atoms with Crippen molar-refractivity contribution in [3.8, 4) is 5.75 Å². The van der Waals surface area contributed by atoms with Crippen LogP contribution in [0.4, 0.5) is 0 Å². The molecule has 136 valence electrons. The second-order valence-electron chi connectivity index (χ2n) is 7.57. The van der Waals surface area contributed by atoms with Crippen molar-refractivity contribution in [2.45, 2.75) is 43.8 Å². The molecule has 0 unspecified atom stereocenters. The molecule has 1 saturated carbocycles. The van der Waals surface area contributed by atoms with Gasteiger partial charge in [-0.25, -0.2) is 0 Å². The number of likely N-dealkylation sites (tertiary alicyclic amines) is 1. The number of hydrogen-bond donors (Lipinski definition) is 0. The van der Waals surface area contributed by atoms with Gasteiger partial charge in [-0.05, 0) is 37.3 Å². The van der Waals surface area contributed by atoms with Gasteiger partial charge in [0, 0.05) is 26.1 Å². The largest absolute Gasteiger partial charge is 0.493 e. The summed E-state index contributed by atoms with van der Waals surface area (Å²) in [6, 6.07) is 9.62. The Bertz CT molecular complexity index is 589. The minimum absolute atomic E-state index is 0.152. The molecule has 2 aliphatic heterocycles. The van der Waals surface area contributed by atoms with Crippen molar-refractivity contribution in [2.75, 3.05) is 32.9 Å². The molecule has 0 radical (unpaired) electrons. The van der Waals surface area contributed by atoms with Crippen LogP contribution < -0.4 is 4.74 Å². The molecule has 3 fully saturated rings. The highest BCUT2D eigenvalue weighted by Gasteiger charge is 2.47. The van der Waals surface area contributed by atoms with Gasteiger partial charge in [0.05, 0.1) is 31.3 Å². The van der Waals surface area contributed by atoms with Gasteiger partial charge in [0.25, 0.3) is 0 Å². The summed E-state index contributed by atoms with van der Waals surface area (Å²) in [6.07, 6.45) is 5.08. The van der Waals surface area contributed by atoms with Crippen LogP contribution in [0.25, 0.3) is 0 Å². The fraction of sp³-hybridized carbons (Fsp3) is 0.650. The summed E-state index contributed by atoms with van der Waals surface area (Å²) in [5, 5.41) is 0. The van der Waals surface area contributed by atoms with Crippen LogP contribution in [0.2, 0.25) is 0 Å². The molecule has 1 aromatic rings. The van der Waals surface area contributed by atoms with Crippen LogP contribution in [-0.2, 0) is 14.3 Å². The van der Waals surface area contributed by atoms with Gasteiger partial charge in [-0.3, -0.25) is 4.79 Å². The van der Waals surface area contributed by atoms with Crippen molar-refractivity contribution in [3.05, 3.63) is 30.3 Å². The number of rotatable bonds is 7. The van der Waals surface area contributed by atoms with E-state index in [9.17, 15) is 4.79 Å². The lowest BCUT2D eigenvalue weighted by Crippen LogP contribution is -2.36. The first-order valence-electron chi connectivity index (χ1n) is 9.44. The molecule has 2 atom stereocenters. The van der Waals surface area contributed by atoms with Crippen molar-refractivity contribution < 1.29 is 19.0 Å². The first-order valence-corrected chi connectivity index (χ1v) is 9.44. The maximum atomic E-state index is 12.4. The predicted octanol–water partition coefficient (Wildman–Crippen LogP) is 2.64. The topological polar surface area (TPSA) is 48.0 Å². The summed E-state index contributed by atoms with van der Waals surface area (Å²) in [5.41, 5.74) is -0.176. The number of carbonyl (C=O) groups is 1. The molecule has 4 rings (SSSR count). The quantitative estimate of drug-likeness (QED) is 0.762. The molecule has 1 spiro atoms. The van der Waals surface area contributed by atoms with Crippen LogP contribution in [0.5, 0.6) is 5.75 Å². The molecule has 1 amide bonds. The van der Waals surface area contributed by atoms with E-state index >= 15 is 0 Å². The van der Waals surface area contributed by atoms with E-state index in [1.807, 2.05) is 35.2 Å². The first kappa shape index (κ1) is 16.9. The third-order valence-corrected chi connectivity index (χ3v) is 5.44. The SMILES string of the molecule is O=C(CCOc1ccccc1)N1CC[C@]2(C[C@H](OCC3CC3)CO2)C1. The third kappa shape index (κ3) is 4.33. The van der Waals surface area contributed by atoms with E-state index in [2.05, 4.69) is 0 Å². The molecule has 3 aliphatic rings. The number of para-hydroxylation sites is 1. The number of hydrogen-bond acceptors (Lipinski definition) is 4. The molecular formula is C20H27NO4. The van der Waals surface area contributed by atoms with E-state index < -0.39 is 0 Å². The lowest BCUT2D eigenvalue weighted by molar-refractivity contribution is -0.131. The maximum Gasteiger partial charge on any atom is 0.226 e. The van der Waals surface area contributed by atoms with Crippen LogP contribution in [0.1, 0.15) is 32.1 Å². The second-order valence-corrected chi connectivity index (χ2v) is 7.57. The van der Waals surface area contributed by atoms with Gasteiger partial charge in [0.1, 0.15) is 5.75 Å². The first-order chi connectivity index (χ1) is 12.2. The number of nitrogens with zero attached hydrogens (tertiary/aromatic N) is 1. The molecule has 1 aromatic carbocycles. The van der Waals surface area contributed by atoms with E-state index in [0.29, 0.717) is 26.2 Å². The highest BCUT2D eigenvalue weighted by atomic mass is 16.6. The van der Waals surface area contributed by atoms with Crippen molar-refractivity contribution in [3.63, 3.8) is 0 Å². The Morgan fingerprint density at radius 1 is 1.28 bits per heavy atom. The Kier molecular flexibility index (Phi) is 4.95. The molecule has 0 aromatic heterocycles. The molecule has 2 heterocycles. The van der Waals surface area contributed by atoms with Crippen molar-refractivity contribution in [2.24, 2.45) is 5.92 Å². The fourth-order valence-electron chi connectivity index (χ4n) is 3.74. The van der Waals surface area contributed by atoms with Gasteiger partial charge < -0.3 is 19.1 Å². The Morgan fingerprint density at radius 3 is 2.92 bits per heavy atom. The monoisotopic (exact) mass is 345 g/mol. The highest BCUT2D eigenvalue weighted by Crippen LogP contribution is 2.37. The van der Waals surface area contributed by atoms with E-state index in [0.717, 1.165) is 37.7 Å². The lowest BCUT2D eigenvalue weighted by atomic mass is 9.98. The second kappa shape index (κ2) is 7.34. The molecule has 0 bridgehead atoms. The Morgan fingerprint density at radius 2 is 2.12 bits per heavy atom. The van der Waals surface area contributed by atoms with Crippen LogP contribution in [0.15, 0.2) is 30.3 Å². The van der Waals surface area contributed by atoms with Crippen LogP contribution in [-0.4, -0.2) is 55.4 Å². The van der Waals surface area contributed by atoms with Crippen LogP contribution in [0.3, 0.4) is 0 Å². The Labute approximate surface area is 149 Å². The van der Waals surface area contributed by atoms with Crippen LogP contribution in [0, 0.1) is 5.92 Å². The molecule has 0 N–H and O–H groups in total. The Balaban J connectivity index is 1.19. The maximum absolute atomic E-state index is 12.4. The van der Waals surface area contributed by atoms with E-state index in [-0.39, 0.29) is 17.6 Å². The number of amides is 1. The van der Waals surface area contributed by atoms with Gasteiger partial charge in [-0.2, -0.15) is 0 Å². The summed E-state index contributed by atoms with van der Waals surface area (Å²) >= 11 is 0. The van der Waals surface area contributed by atoms with Gasteiger partial charge in [-0.15, -0.1) is 0 Å². The van der Waals surface area contributed by atoms with Gasteiger partial charge in [-0.1, -0.05) is 18.2 Å². The van der Waals surface area contributed by atoms with E-state index in [1.54, 1.807) is 0 Å². The van der Waals surface area contributed by atoms with Crippen molar-refractivity contribution in [1.82, 2.24) is 4.90 Å². The fourth-order valence-corrected chi connectivity index (χ4v) is 3.74. The molecule has 2 saturated heterocycles. The molecule has 5 heteroatoms. The standard InChI is InChI=1S/C20H27NO4/c22-19(8-11-23-17-4-2-1-3-5-17)21-10-9-20(15-21)12-18(14-25-20)24-13-16-6-7-16/h1-5,16,18H,6-15H2/t18-,20-/m0/s1. The van der Waals surface area contributed by atoms with Crippen molar-refractivity contribution >= 4 is 5.91 Å². The summed E-state index contributed by atoms with van der Waals surface area (Å²) in [7, 11) is 0. The minimum Gasteiger partial charge on any atom is -0.493 e. The van der Waals surface area contributed by atoms with E-state index in [1.165, 1.54) is 12.8 Å². The summed E-state index contributed by atoms with van der Waals surface area (Å²) in [6.45, 7) is 3.44. The average Bonchev–Trinajstić information content (AvgIpc) is 3.25. The zero-order valence-corrected chi connectivity index (χ0v) is 14.7. The average molecular weight is 345 g/mol. The molecular weight excluding hydrogens is 318 g/mol. The number of carbonyl (C=O) groups excluding carboxylic acids is 1. The lowest BCUT2D eigenvalue weighted by Gasteiger charge is -2.23. The molecule has 25 heavy (non-hydrogen) atoms. The predicted molar refractivity (Wildman–Crippen MR) is 93.5 cm³/mol.